The van der Waals surface area contributed by atoms with Crippen molar-refractivity contribution in [3.8, 4) is 11.6 Å². The van der Waals surface area contributed by atoms with Crippen LogP contribution in [0.4, 0.5) is 5.69 Å². The molecule has 4 aromatic rings. The highest BCUT2D eigenvalue weighted by molar-refractivity contribution is 7.80. The van der Waals surface area contributed by atoms with Crippen LogP contribution in [0.25, 0.3) is 5.82 Å². The van der Waals surface area contributed by atoms with Crippen molar-refractivity contribution in [2.24, 2.45) is 0 Å². The first-order chi connectivity index (χ1) is 16.0. The minimum atomic E-state index is -0.263. The third-order valence-electron chi connectivity index (χ3n) is 5.96. The molecule has 1 aliphatic rings. The summed E-state index contributed by atoms with van der Waals surface area (Å²) in [5.74, 6) is 0.951. The van der Waals surface area contributed by atoms with Crippen LogP contribution in [0.1, 0.15) is 34.7 Å². The molecule has 0 unspecified atom stereocenters. The van der Waals surface area contributed by atoms with Crippen LogP contribution in [0, 0.1) is 13.8 Å². The fourth-order valence-electron chi connectivity index (χ4n) is 4.55. The summed E-state index contributed by atoms with van der Waals surface area (Å²) in [7, 11) is 0. The Labute approximate surface area is 202 Å². The molecule has 0 spiro atoms. The maximum Gasteiger partial charge on any atom is 0.174 e. The van der Waals surface area contributed by atoms with Gasteiger partial charge in [0.05, 0.1) is 23.5 Å². The Morgan fingerprint density at radius 1 is 1.00 bits per heavy atom. The lowest BCUT2D eigenvalue weighted by Gasteiger charge is -2.28. The maximum atomic E-state index is 10.7. The van der Waals surface area contributed by atoms with E-state index in [0.717, 1.165) is 28.5 Å². The number of nitrogens with one attached hydrogen (secondary N) is 1. The summed E-state index contributed by atoms with van der Waals surface area (Å²) < 4.78 is 2.13. The lowest BCUT2D eigenvalue weighted by atomic mass is 9.96. The van der Waals surface area contributed by atoms with E-state index in [9.17, 15) is 5.11 Å². The van der Waals surface area contributed by atoms with E-state index in [1.54, 1.807) is 30.6 Å². The molecule has 1 aromatic carbocycles. The highest BCUT2D eigenvalue weighted by Crippen LogP contribution is 2.46. The van der Waals surface area contributed by atoms with E-state index >= 15 is 0 Å². The van der Waals surface area contributed by atoms with Crippen molar-refractivity contribution in [2.75, 3.05) is 4.90 Å². The number of anilines is 1. The predicted molar refractivity (Wildman–Crippen MR) is 134 cm³/mol. The Morgan fingerprint density at radius 2 is 1.76 bits per heavy atom. The summed E-state index contributed by atoms with van der Waals surface area (Å²) in [5.41, 5.74) is 4.55. The normalized spacial score (nSPS) is 17.9. The maximum absolute atomic E-state index is 10.7. The number of aryl methyl sites for hydroxylation is 1. The number of nitrogens with zero attached hydrogens (tertiary/aromatic N) is 4. The smallest absolute Gasteiger partial charge is 0.174 e. The Hall–Kier alpha value is -3.42. The van der Waals surface area contributed by atoms with Gasteiger partial charge in [-0.15, -0.1) is 0 Å². The number of rotatable bonds is 4. The predicted octanol–water partition coefficient (Wildman–Crippen LogP) is 5.42. The Kier molecular flexibility index (Phi) is 5.52. The number of aromatic nitrogens is 3. The van der Waals surface area contributed by atoms with Gasteiger partial charge in [-0.3, -0.25) is 4.98 Å². The molecule has 6 nitrogen and oxygen atoms in total. The van der Waals surface area contributed by atoms with Crippen molar-refractivity contribution in [1.82, 2.24) is 19.9 Å². The van der Waals surface area contributed by atoms with Crippen LogP contribution in [0.5, 0.6) is 5.75 Å². The molecule has 1 fully saturated rings. The van der Waals surface area contributed by atoms with Crippen molar-refractivity contribution in [1.29, 1.82) is 0 Å². The molecule has 0 amide bonds. The van der Waals surface area contributed by atoms with E-state index < -0.39 is 0 Å². The van der Waals surface area contributed by atoms with Crippen LogP contribution < -0.4 is 10.2 Å². The summed E-state index contributed by atoms with van der Waals surface area (Å²) >= 11 is 12.1. The number of hydrogen-bond acceptors (Lipinski definition) is 4. The molecule has 4 heterocycles. The van der Waals surface area contributed by atoms with Crippen LogP contribution in [-0.4, -0.2) is 24.8 Å². The molecular weight excluding hydrogens is 454 g/mol. The van der Waals surface area contributed by atoms with Crippen molar-refractivity contribution < 1.29 is 5.11 Å². The SMILES string of the molecule is Cc1cc([C@@H]2[C@@H](c3ccccn3)NC(=S)N2c2cc(Cl)ccc2O)c(C)n1-c1ccccn1. The van der Waals surface area contributed by atoms with E-state index in [0.29, 0.717) is 15.8 Å². The first kappa shape index (κ1) is 21.4. The highest BCUT2D eigenvalue weighted by atomic mass is 35.5. The number of thiocarbonyl (C=S) groups is 1. The van der Waals surface area contributed by atoms with Crippen LogP contribution in [0.2, 0.25) is 5.02 Å². The number of aromatic hydroxyl groups is 1. The van der Waals surface area contributed by atoms with Gasteiger partial charge in [-0.25, -0.2) is 4.98 Å². The Bertz CT molecular complexity index is 1330. The lowest BCUT2D eigenvalue weighted by molar-refractivity contribution is 0.472. The minimum Gasteiger partial charge on any atom is -0.506 e. The van der Waals surface area contributed by atoms with E-state index in [1.807, 2.05) is 41.3 Å². The van der Waals surface area contributed by atoms with Gasteiger partial charge in [0.25, 0.3) is 0 Å². The van der Waals surface area contributed by atoms with Gasteiger partial charge in [0, 0.05) is 28.8 Å². The second-order valence-electron chi connectivity index (χ2n) is 7.98. The molecule has 0 bridgehead atoms. The average molecular weight is 476 g/mol. The molecule has 5 rings (SSSR count). The molecule has 2 N–H and O–H groups in total. The molecule has 0 radical (unpaired) electrons. The summed E-state index contributed by atoms with van der Waals surface area (Å²) in [6.45, 7) is 4.13. The average Bonchev–Trinajstić information content (AvgIpc) is 3.31. The summed E-state index contributed by atoms with van der Waals surface area (Å²) in [6, 6.07) is 18.3. The topological polar surface area (TPSA) is 66.2 Å². The lowest BCUT2D eigenvalue weighted by Crippen LogP contribution is -2.29. The number of pyridine rings is 2. The fourth-order valence-corrected chi connectivity index (χ4v) is 5.05. The summed E-state index contributed by atoms with van der Waals surface area (Å²) in [5, 5.41) is 15.2. The molecule has 166 valence electrons. The number of phenols is 1. The van der Waals surface area contributed by atoms with E-state index in [2.05, 4.69) is 39.8 Å². The van der Waals surface area contributed by atoms with Crippen molar-refractivity contribution in [3.63, 3.8) is 0 Å². The highest BCUT2D eigenvalue weighted by Gasteiger charge is 2.43. The second-order valence-corrected chi connectivity index (χ2v) is 8.80. The number of benzene rings is 1. The largest absolute Gasteiger partial charge is 0.506 e. The molecule has 1 saturated heterocycles. The van der Waals surface area contributed by atoms with Gasteiger partial charge in [-0.1, -0.05) is 23.7 Å². The van der Waals surface area contributed by atoms with Crippen LogP contribution in [-0.2, 0) is 0 Å². The van der Waals surface area contributed by atoms with Gasteiger partial charge in [0.15, 0.2) is 5.11 Å². The van der Waals surface area contributed by atoms with Gasteiger partial charge in [-0.05, 0) is 80.2 Å². The third-order valence-corrected chi connectivity index (χ3v) is 6.51. The fraction of sp³-hybridized carbons (Fsp3) is 0.160. The van der Waals surface area contributed by atoms with Crippen LogP contribution in [0.15, 0.2) is 73.1 Å². The van der Waals surface area contributed by atoms with Gasteiger partial charge in [-0.2, -0.15) is 0 Å². The van der Waals surface area contributed by atoms with Crippen molar-refractivity contribution in [2.45, 2.75) is 25.9 Å². The Morgan fingerprint density at radius 3 is 2.45 bits per heavy atom. The molecule has 0 saturated carbocycles. The molecule has 0 aliphatic carbocycles. The van der Waals surface area contributed by atoms with E-state index in [4.69, 9.17) is 23.8 Å². The van der Waals surface area contributed by atoms with Gasteiger partial charge in [0.2, 0.25) is 0 Å². The molecule has 2 atom stereocenters. The standard InChI is InChI=1S/C25H22ClN5OS/c1-15-13-18(16(2)30(15)22-8-4-6-12-28-22)24-23(19-7-3-5-11-27-19)29-25(33)31(24)20-14-17(26)9-10-21(20)32/h3-14,23-24,32H,1-2H3,(H,29,33)/t23-,24-/m1/s1. The van der Waals surface area contributed by atoms with Crippen LogP contribution >= 0.6 is 23.8 Å². The number of halogens is 1. The second kappa shape index (κ2) is 8.50. The Balaban J connectivity index is 1.71. The van der Waals surface area contributed by atoms with Gasteiger partial charge < -0.3 is 19.9 Å². The zero-order valence-electron chi connectivity index (χ0n) is 18.1. The molecule has 1 aliphatic heterocycles. The van der Waals surface area contributed by atoms with Gasteiger partial charge >= 0.3 is 0 Å². The molecule has 3 aromatic heterocycles. The summed E-state index contributed by atoms with van der Waals surface area (Å²) in [6.07, 6.45) is 3.56. The molecular formula is C25H22ClN5OS. The molecule has 8 heteroatoms. The number of phenolic OH excluding ortho intramolecular Hbond substituents is 1. The monoisotopic (exact) mass is 475 g/mol. The quantitative estimate of drug-likeness (QED) is 0.384. The van der Waals surface area contributed by atoms with Crippen molar-refractivity contribution in [3.05, 3.63) is 101 Å². The van der Waals surface area contributed by atoms with Crippen molar-refractivity contribution >= 4 is 34.6 Å². The first-order valence-electron chi connectivity index (χ1n) is 10.5. The van der Waals surface area contributed by atoms with E-state index in [1.165, 1.54) is 0 Å². The van der Waals surface area contributed by atoms with Crippen LogP contribution in [0.3, 0.4) is 0 Å². The minimum absolute atomic E-state index is 0.105. The van der Waals surface area contributed by atoms with E-state index in [-0.39, 0.29) is 17.8 Å². The summed E-state index contributed by atoms with van der Waals surface area (Å²) in [4.78, 5) is 11.1. The number of hydrogen-bond donors (Lipinski definition) is 2. The van der Waals surface area contributed by atoms with Gasteiger partial charge in [0.1, 0.15) is 11.6 Å². The third kappa shape index (κ3) is 3.73. The first-order valence-corrected chi connectivity index (χ1v) is 11.3. The zero-order valence-corrected chi connectivity index (χ0v) is 19.7. The molecule has 33 heavy (non-hydrogen) atoms. The zero-order chi connectivity index (χ0) is 23.1.